The van der Waals surface area contributed by atoms with Crippen LogP contribution >= 0.6 is 0 Å². The van der Waals surface area contributed by atoms with E-state index in [4.69, 9.17) is 4.74 Å². The van der Waals surface area contributed by atoms with Crippen molar-refractivity contribution in [3.8, 4) is 5.75 Å². The number of rotatable bonds is 6. The van der Waals surface area contributed by atoms with Gasteiger partial charge in [0.25, 0.3) is 0 Å². The molecule has 0 aromatic heterocycles. The van der Waals surface area contributed by atoms with Gasteiger partial charge in [0.1, 0.15) is 5.75 Å². The molecule has 0 radical (unpaired) electrons. The lowest BCUT2D eigenvalue weighted by molar-refractivity contribution is -0.323. The van der Waals surface area contributed by atoms with Crippen molar-refractivity contribution in [2.45, 2.75) is 19.3 Å². The summed E-state index contributed by atoms with van der Waals surface area (Å²) >= 11 is 0. The minimum absolute atomic E-state index is 0.110. The maximum absolute atomic E-state index is 11.8. The fourth-order valence-corrected chi connectivity index (χ4v) is 1.58. The van der Waals surface area contributed by atoms with Gasteiger partial charge < -0.3 is 10.1 Å². The normalized spacial score (nSPS) is 13.4. The first-order valence-corrected chi connectivity index (χ1v) is 5.51. The van der Waals surface area contributed by atoms with Crippen LogP contribution in [-0.2, 0) is 4.74 Å². The second-order valence-corrected chi connectivity index (χ2v) is 3.71. The van der Waals surface area contributed by atoms with E-state index in [2.05, 4.69) is 10.1 Å². The molecule has 0 fully saturated rings. The molecule has 0 amide bonds. The van der Waals surface area contributed by atoms with Crippen LogP contribution in [0.2, 0.25) is 0 Å². The molecule has 1 atom stereocenters. The third-order valence-electron chi connectivity index (χ3n) is 2.42. The van der Waals surface area contributed by atoms with Gasteiger partial charge in [-0.05, 0) is 13.0 Å². The summed E-state index contributed by atoms with van der Waals surface area (Å²) in [5.74, 6) is 0.703. The third kappa shape index (κ3) is 4.93. The molecular weight excluding hydrogens is 247 g/mol. The Labute approximate surface area is 104 Å². The van der Waals surface area contributed by atoms with Gasteiger partial charge in [-0.3, -0.25) is 4.74 Å². The Morgan fingerprint density at radius 2 is 1.94 bits per heavy atom. The second kappa shape index (κ2) is 6.61. The van der Waals surface area contributed by atoms with E-state index in [0.717, 1.165) is 5.56 Å². The highest BCUT2D eigenvalue weighted by atomic mass is 19.4. The number of para-hydroxylation sites is 1. The zero-order valence-corrected chi connectivity index (χ0v) is 10.3. The Kier molecular flexibility index (Phi) is 5.43. The summed E-state index contributed by atoms with van der Waals surface area (Å²) in [5, 5.41) is 2.94. The number of hydrogen-bond donors (Lipinski definition) is 1. The van der Waals surface area contributed by atoms with Gasteiger partial charge in [-0.25, -0.2) is 0 Å². The van der Waals surface area contributed by atoms with Crippen molar-refractivity contribution >= 4 is 0 Å². The molecule has 1 aromatic rings. The van der Waals surface area contributed by atoms with Crippen molar-refractivity contribution in [2.75, 3.05) is 20.3 Å². The number of alkyl halides is 3. The Balaban J connectivity index is 2.43. The van der Waals surface area contributed by atoms with Gasteiger partial charge in [-0.1, -0.05) is 18.2 Å². The fraction of sp³-hybridized carbons (Fsp3) is 0.500. The summed E-state index contributed by atoms with van der Waals surface area (Å²) in [5.41, 5.74) is 0.895. The number of hydrogen-bond acceptors (Lipinski definition) is 3. The zero-order chi connectivity index (χ0) is 13.6. The van der Waals surface area contributed by atoms with Crippen molar-refractivity contribution in [3.63, 3.8) is 0 Å². The molecule has 0 saturated carbocycles. The van der Waals surface area contributed by atoms with E-state index in [1.54, 1.807) is 13.2 Å². The van der Waals surface area contributed by atoms with Crippen molar-refractivity contribution < 1.29 is 22.6 Å². The first kappa shape index (κ1) is 14.8. The number of nitrogens with one attached hydrogen (secondary N) is 1. The molecule has 0 saturated heterocycles. The minimum atomic E-state index is -4.57. The maximum Gasteiger partial charge on any atom is 0.522 e. The molecule has 0 heterocycles. The third-order valence-corrected chi connectivity index (χ3v) is 2.42. The van der Waals surface area contributed by atoms with E-state index < -0.39 is 13.0 Å². The van der Waals surface area contributed by atoms with Crippen molar-refractivity contribution in [1.82, 2.24) is 5.32 Å². The smallest absolute Gasteiger partial charge is 0.496 e. The van der Waals surface area contributed by atoms with E-state index in [1.807, 2.05) is 25.1 Å². The molecule has 1 rings (SSSR count). The van der Waals surface area contributed by atoms with Crippen LogP contribution in [0.3, 0.4) is 0 Å². The standard InChI is InChI=1S/C12H16F3NO2/c1-9(16-7-8-18-12(13,14)15)10-5-3-4-6-11(10)17-2/h3-6,9,16H,7-8H2,1-2H3/t9-/m1/s1. The van der Waals surface area contributed by atoms with Crippen LogP contribution in [0.25, 0.3) is 0 Å². The lowest BCUT2D eigenvalue weighted by atomic mass is 10.1. The summed E-state index contributed by atoms with van der Waals surface area (Å²) in [6, 6.07) is 7.24. The summed E-state index contributed by atoms with van der Waals surface area (Å²) in [6.45, 7) is 1.55. The van der Waals surface area contributed by atoms with Gasteiger partial charge in [-0.2, -0.15) is 0 Å². The molecule has 6 heteroatoms. The minimum Gasteiger partial charge on any atom is -0.496 e. The van der Waals surface area contributed by atoms with Gasteiger partial charge in [0.15, 0.2) is 0 Å². The van der Waals surface area contributed by atoms with Crippen LogP contribution in [-0.4, -0.2) is 26.6 Å². The molecule has 0 bridgehead atoms. The highest BCUT2D eigenvalue weighted by molar-refractivity contribution is 5.35. The topological polar surface area (TPSA) is 30.5 Å². The summed E-state index contributed by atoms with van der Waals surface area (Å²) in [6.07, 6.45) is -4.57. The first-order chi connectivity index (χ1) is 8.44. The van der Waals surface area contributed by atoms with Crippen LogP contribution in [0.4, 0.5) is 13.2 Å². The summed E-state index contributed by atoms with van der Waals surface area (Å²) in [7, 11) is 1.55. The van der Waals surface area contributed by atoms with E-state index in [-0.39, 0.29) is 12.6 Å². The number of ether oxygens (including phenoxy) is 2. The molecule has 0 spiro atoms. The van der Waals surface area contributed by atoms with Gasteiger partial charge in [0, 0.05) is 18.2 Å². The number of benzene rings is 1. The Hall–Kier alpha value is -1.27. The van der Waals surface area contributed by atoms with E-state index in [1.165, 1.54) is 0 Å². The molecule has 3 nitrogen and oxygen atoms in total. The van der Waals surface area contributed by atoms with Crippen LogP contribution in [0.1, 0.15) is 18.5 Å². The van der Waals surface area contributed by atoms with Crippen LogP contribution in [0.5, 0.6) is 5.75 Å². The van der Waals surface area contributed by atoms with Gasteiger partial charge in [-0.15, -0.1) is 13.2 Å². The highest BCUT2D eigenvalue weighted by Gasteiger charge is 2.28. The molecule has 18 heavy (non-hydrogen) atoms. The predicted octanol–water partition coefficient (Wildman–Crippen LogP) is 2.88. The van der Waals surface area contributed by atoms with E-state index >= 15 is 0 Å². The summed E-state index contributed by atoms with van der Waals surface area (Å²) in [4.78, 5) is 0. The van der Waals surface area contributed by atoms with E-state index in [0.29, 0.717) is 5.75 Å². The van der Waals surface area contributed by atoms with Crippen molar-refractivity contribution in [2.24, 2.45) is 0 Å². The van der Waals surface area contributed by atoms with Crippen LogP contribution in [0, 0.1) is 0 Å². The molecule has 0 aliphatic rings. The van der Waals surface area contributed by atoms with E-state index in [9.17, 15) is 13.2 Å². The van der Waals surface area contributed by atoms with Crippen molar-refractivity contribution in [1.29, 1.82) is 0 Å². The van der Waals surface area contributed by atoms with Gasteiger partial charge in [0.05, 0.1) is 13.7 Å². The average Bonchev–Trinajstić information content (AvgIpc) is 2.33. The molecule has 0 aliphatic heterocycles. The second-order valence-electron chi connectivity index (χ2n) is 3.71. The monoisotopic (exact) mass is 263 g/mol. The van der Waals surface area contributed by atoms with Crippen LogP contribution < -0.4 is 10.1 Å². The SMILES string of the molecule is COc1ccccc1[C@@H](C)NCCOC(F)(F)F. The average molecular weight is 263 g/mol. The van der Waals surface area contributed by atoms with Gasteiger partial charge >= 0.3 is 6.36 Å². The summed E-state index contributed by atoms with van der Waals surface area (Å²) < 4.78 is 44.1. The molecular formula is C12H16F3NO2. The molecule has 0 unspecified atom stereocenters. The number of methoxy groups -OCH3 is 1. The maximum atomic E-state index is 11.8. The van der Waals surface area contributed by atoms with Gasteiger partial charge in [0.2, 0.25) is 0 Å². The Morgan fingerprint density at radius 3 is 2.56 bits per heavy atom. The molecule has 1 aromatic carbocycles. The molecule has 1 N–H and O–H groups in total. The fourth-order valence-electron chi connectivity index (χ4n) is 1.58. The van der Waals surface area contributed by atoms with Crippen molar-refractivity contribution in [3.05, 3.63) is 29.8 Å². The lowest BCUT2D eigenvalue weighted by Crippen LogP contribution is -2.26. The molecule has 102 valence electrons. The first-order valence-electron chi connectivity index (χ1n) is 5.51. The molecule has 0 aliphatic carbocycles. The Bertz CT molecular complexity index is 369. The Morgan fingerprint density at radius 1 is 1.28 bits per heavy atom. The van der Waals surface area contributed by atoms with Crippen LogP contribution in [0.15, 0.2) is 24.3 Å². The number of halogens is 3. The predicted molar refractivity (Wildman–Crippen MR) is 61.4 cm³/mol. The lowest BCUT2D eigenvalue weighted by Gasteiger charge is -2.17. The highest BCUT2D eigenvalue weighted by Crippen LogP contribution is 2.24. The largest absolute Gasteiger partial charge is 0.522 e. The quantitative estimate of drug-likeness (QED) is 0.800. The zero-order valence-electron chi connectivity index (χ0n) is 10.3.